The second-order valence-corrected chi connectivity index (χ2v) is 4.53. The maximum absolute atomic E-state index is 11.8. The number of anilines is 1. The van der Waals surface area contributed by atoms with E-state index in [4.69, 9.17) is 5.73 Å². The zero-order chi connectivity index (χ0) is 11.5. The number of rotatable bonds is 3. The molecule has 0 radical (unpaired) electrons. The van der Waals surface area contributed by atoms with E-state index in [0.717, 1.165) is 24.1 Å². The van der Waals surface area contributed by atoms with Crippen molar-refractivity contribution < 1.29 is 4.79 Å². The van der Waals surface area contributed by atoms with Crippen LogP contribution in [0.5, 0.6) is 0 Å². The largest absolute Gasteiger partial charge is 0.399 e. The minimum absolute atomic E-state index is 0.0385. The molecule has 0 spiro atoms. The lowest BCUT2D eigenvalue weighted by Crippen LogP contribution is -2.35. The van der Waals surface area contributed by atoms with Crippen LogP contribution in [0.4, 0.5) is 5.69 Å². The van der Waals surface area contributed by atoms with Gasteiger partial charge in [0, 0.05) is 11.6 Å². The summed E-state index contributed by atoms with van der Waals surface area (Å²) in [5.74, 6) is 0.421. The fourth-order valence-electron chi connectivity index (χ4n) is 1.91. The van der Waals surface area contributed by atoms with E-state index in [2.05, 4.69) is 5.32 Å². The van der Waals surface area contributed by atoms with E-state index in [1.165, 1.54) is 6.42 Å². The van der Waals surface area contributed by atoms with Crippen LogP contribution in [0, 0.1) is 5.92 Å². The third-order valence-electron chi connectivity index (χ3n) is 3.25. The Balaban J connectivity index is 1.96. The molecule has 86 valence electrons. The van der Waals surface area contributed by atoms with Crippen molar-refractivity contribution in [3.05, 3.63) is 29.8 Å². The Hall–Kier alpha value is -1.51. The molecule has 3 heteroatoms. The number of nitrogen functional groups attached to an aromatic ring is 1. The molecule has 0 aromatic heterocycles. The Bertz CT molecular complexity index is 385. The average molecular weight is 218 g/mol. The highest BCUT2D eigenvalue weighted by molar-refractivity contribution is 5.79. The molecule has 0 saturated heterocycles. The first-order valence-electron chi connectivity index (χ1n) is 5.82. The van der Waals surface area contributed by atoms with Gasteiger partial charge in [-0.15, -0.1) is 0 Å². The van der Waals surface area contributed by atoms with Gasteiger partial charge >= 0.3 is 0 Å². The van der Waals surface area contributed by atoms with Gasteiger partial charge in [-0.25, -0.2) is 0 Å². The van der Waals surface area contributed by atoms with Gasteiger partial charge in [-0.05, 0) is 37.5 Å². The van der Waals surface area contributed by atoms with Gasteiger partial charge < -0.3 is 11.1 Å². The highest BCUT2D eigenvalue weighted by Gasteiger charge is 2.26. The van der Waals surface area contributed by atoms with Gasteiger partial charge in [-0.1, -0.05) is 18.6 Å². The molecular weight excluding hydrogens is 200 g/mol. The summed E-state index contributed by atoms with van der Waals surface area (Å²) in [6, 6.07) is 7.70. The predicted molar refractivity (Wildman–Crippen MR) is 64.8 cm³/mol. The normalized spacial score (nSPS) is 17.6. The molecule has 1 aliphatic rings. The van der Waals surface area contributed by atoms with Gasteiger partial charge in [0.15, 0.2) is 0 Å². The third kappa shape index (κ3) is 2.35. The second kappa shape index (κ2) is 4.56. The number of nitrogens with two attached hydrogens (primary N) is 1. The second-order valence-electron chi connectivity index (χ2n) is 4.53. The average Bonchev–Trinajstić information content (AvgIpc) is 2.14. The summed E-state index contributed by atoms with van der Waals surface area (Å²) in [4.78, 5) is 11.8. The topological polar surface area (TPSA) is 55.1 Å². The van der Waals surface area contributed by atoms with E-state index in [0.29, 0.717) is 0 Å². The van der Waals surface area contributed by atoms with Gasteiger partial charge in [0.1, 0.15) is 0 Å². The molecule has 1 aromatic rings. The van der Waals surface area contributed by atoms with Gasteiger partial charge in [0.05, 0.1) is 6.04 Å². The van der Waals surface area contributed by atoms with Gasteiger partial charge in [-0.2, -0.15) is 0 Å². The maximum Gasteiger partial charge on any atom is 0.223 e. The summed E-state index contributed by atoms with van der Waals surface area (Å²) in [6.45, 7) is 1.99. The van der Waals surface area contributed by atoms with Gasteiger partial charge in [-0.3, -0.25) is 4.79 Å². The Kier molecular flexibility index (Phi) is 3.13. The zero-order valence-corrected chi connectivity index (χ0v) is 9.57. The summed E-state index contributed by atoms with van der Waals surface area (Å²) in [7, 11) is 0. The molecule has 0 heterocycles. The van der Waals surface area contributed by atoms with Crippen molar-refractivity contribution in [3.8, 4) is 0 Å². The molecule has 1 atom stereocenters. The van der Waals surface area contributed by atoms with Crippen LogP contribution in [0.2, 0.25) is 0 Å². The molecule has 1 amide bonds. The molecule has 0 bridgehead atoms. The molecule has 3 nitrogen and oxygen atoms in total. The number of nitrogens with one attached hydrogen (secondary N) is 1. The van der Waals surface area contributed by atoms with Crippen LogP contribution in [0.3, 0.4) is 0 Å². The molecule has 1 saturated carbocycles. The van der Waals surface area contributed by atoms with E-state index in [9.17, 15) is 4.79 Å². The summed E-state index contributed by atoms with van der Waals surface area (Å²) >= 11 is 0. The summed E-state index contributed by atoms with van der Waals surface area (Å²) < 4.78 is 0. The van der Waals surface area contributed by atoms with E-state index >= 15 is 0 Å². The summed E-state index contributed by atoms with van der Waals surface area (Å²) in [5.41, 5.74) is 7.51. The number of carbonyl (C=O) groups excluding carboxylic acids is 1. The van der Waals surface area contributed by atoms with Crippen molar-refractivity contribution in [1.82, 2.24) is 5.32 Å². The van der Waals surface area contributed by atoms with Crippen LogP contribution >= 0.6 is 0 Å². The molecule has 1 unspecified atom stereocenters. The Morgan fingerprint density at radius 3 is 2.81 bits per heavy atom. The molecule has 1 aromatic carbocycles. The quantitative estimate of drug-likeness (QED) is 0.764. The highest BCUT2D eigenvalue weighted by atomic mass is 16.1. The van der Waals surface area contributed by atoms with Gasteiger partial charge in [0.2, 0.25) is 5.91 Å². The van der Waals surface area contributed by atoms with Crippen LogP contribution in [-0.2, 0) is 4.79 Å². The maximum atomic E-state index is 11.8. The Labute approximate surface area is 96.0 Å². The first-order valence-corrected chi connectivity index (χ1v) is 5.82. The monoisotopic (exact) mass is 218 g/mol. The summed E-state index contributed by atoms with van der Waals surface area (Å²) in [6.07, 6.45) is 3.26. The molecule has 1 aliphatic carbocycles. The first-order chi connectivity index (χ1) is 7.66. The molecular formula is C13H18N2O. The number of benzene rings is 1. The fraction of sp³-hybridized carbons (Fsp3) is 0.462. The van der Waals surface area contributed by atoms with E-state index in [-0.39, 0.29) is 17.9 Å². The predicted octanol–water partition coefficient (Wildman–Crippen LogP) is 2.25. The van der Waals surface area contributed by atoms with E-state index in [1.807, 2.05) is 31.2 Å². The van der Waals surface area contributed by atoms with E-state index < -0.39 is 0 Å². The van der Waals surface area contributed by atoms with Crippen LogP contribution in [0.15, 0.2) is 24.3 Å². The van der Waals surface area contributed by atoms with E-state index in [1.54, 1.807) is 0 Å². The number of hydrogen-bond donors (Lipinski definition) is 2. The van der Waals surface area contributed by atoms with Crippen LogP contribution in [0.25, 0.3) is 0 Å². The van der Waals surface area contributed by atoms with Crippen molar-refractivity contribution in [3.63, 3.8) is 0 Å². The lowest BCUT2D eigenvalue weighted by atomic mass is 9.84. The molecule has 3 N–H and O–H groups in total. The Morgan fingerprint density at radius 1 is 1.50 bits per heavy atom. The lowest BCUT2D eigenvalue weighted by Gasteiger charge is -2.26. The van der Waals surface area contributed by atoms with Crippen LogP contribution in [-0.4, -0.2) is 5.91 Å². The van der Waals surface area contributed by atoms with Crippen molar-refractivity contribution in [2.45, 2.75) is 32.2 Å². The number of amides is 1. The minimum atomic E-state index is 0.0385. The highest BCUT2D eigenvalue weighted by Crippen LogP contribution is 2.27. The SMILES string of the molecule is CC(NC(=O)C1CCC1)c1cccc(N)c1. The molecule has 0 aliphatic heterocycles. The van der Waals surface area contributed by atoms with Crippen LogP contribution in [0.1, 0.15) is 37.8 Å². The molecule has 16 heavy (non-hydrogen) atoms. The fourth-order valence-corrected chi connectivity index (χ4v) is 1.91. The minimum Gasteiger partial charge on any atom is -0.399 e. The zero-order valence-electron chi connectivity index (χ0n) is 9.57. The summed E-state index contributed by atoms with van der Waals surface area (Å²) in [5, 5.41) is 3.03. The van der Waals surface area contributed by atoms with Crippen LogP contribution < -0.4 is 11.1 Å². The van der Waals surface area contributed by atoms with Crippen molar-refractivity contribution in [1.29, 1.82) is 0 Å². The first kappa shape index (κ1) is 11.0. The van der Waals surface area contributed by atoms with Gasteiger partial charge in [0.25, 0.3) is 0 Å². The molecule has 1 fully saturated rings. The van der Waals surface area contributed by atoms with Crippen molar-refractivity contribution >= 4 is 11.6 Å². The van der Waals surface area contributed by atoms with Crippen molar-refractivity contribution in [2.75, 3.05) is 5.73 Å². The third-order valence-corrected chi connectivity index (χ3v) is 3.25. The smallest absolute Gasteiger partial charge is 0.223 e. The Morgan fingerprint density at radius 2 is 2.25 bits per heavy atom. The van der Waals surface area contributed by atoms with Crippen molar-refractivity contribution in [2.24, 2.45) is 5.92 Å². The number of hydrogen-bond acceptors (Lipinski definition) is 2. The molecule has 2 rings (SSSR count). The standard InChI is InChI=1S/C13H18N2O/c1-9(11-6-3-7-12(14)8-11)15-13(16)10-4-2-5-10/h3,6-10H,2,4-5,14H2,1H3,(H,15,16). The number of carbonyl (C=O) groups is 1. The lowest BCUT2D eigenvalue weighted by molar-refractivity contribution is -0.128.